The Labute approximate surface area is 91.9 Å². The zero-order valence-electron chi connectivity index (χ0n) is 8.73. The fourth-order valence-corrected chi connectivity index (χ4v) is 1.41. The fourth-order valence-electron chi connectivity index (χ4n) is 1.41. The molecule has 1 aromatic carbocycles. The van der Waals surface area contributed by atoms with Gasteiger partial charge in [-0.1, -0.05) is 0 Å². The van der Waals surface area contributed by atoms with Crippen LogP contribution in [0, 0.1) is 0 Å². The molecule has 2 aromatic rings. The normalized spacial score (nSPS) is 10.1. The number of aromatic nitrogens is 2. The number of nitrogens with one attached hydrogen (secondary N) is 1. The van der Waals surface area contributed by atoms with Crippen molar-refractivity contribution in [3.8, 4) is 17.1 Å². The summed E-state index contributed by atoms with van der Waals surface area (Å²) in [5.41, 5.74) is 6.73. The van der Waals surface area contributed by atoms with E-state index in [4.69, 9.17) is 10.5 Å². The number of nitrogens with zero attached hydrogens (tertiary/aromatic N) is 1. The van der Waals surface area contributed by atoms with Crippen molar-refractivity contribution in [2.24, 2.45) is 0 Å². The van der Waals surface area contributed by atoms with Crippen molar-refractivity contribution in [3.63, 3.8) is 0 Å². The van der Waals surface area contributed by atoms with Crippen LogP contribution in [0.5, 0.6) is 5.75 Å². The summed E-state index contributed by atoms with van der Waals surface area (Å²) in [5.74, 6) is 1.04. The molecule has 16 heavy (non-hydrogen) atoms. The number of hydrogen-bond donors (Lipinski definition) is 2. The molecule has 5 nitrogen and oxygen atoms in total. The van der Waals surface area contributed by atoms with Crippen LogP contribution in [0.15, 0.2) is 35.3 Å². The molecule has 0 saturated carbocycles. The SMILES string of the molecule is COc1cc(N)ccc1-c1nccc(=O)[nH]1. The third kappa shape index (κ3) is 1.88. The molecule has 0 saturated heterocycles. The van der Waals surface area contributed by atoms with E-state index in [9.17, 15) is 4.79 Å². The van der Waals surface area contributed by atoms with Gasteiger partial charge in [0.1, 0.15) is 11.6 Å². The maximum absolute atomic E-state index is 11.2. The maximum Gasteiger partial charge on any atom is 0.251 e. The summed E-state index contributed by atoms with van der Waals surface area (Å²) in [6.07, 6.45) is 1.45. The number of ether oxygens (including phenoxy) is 1. The van der Waals surface area contributed by atoms with Gasteiger partial charge in [0, 0.05) is 24.0 Å². The second-order valence-corrected chi connectivity index (χ2v) is 3.24. The van der Waals surface area contributed by atoms with Gasteiger partial charge in [-0.2, -0.15) is 0 Å². The zero-order valence-corrected chi connectivity index (χ0v) is 8.73. The van der Waals surface area contributed by atoms with Gasteiger partial charge in [0.05, 0.1) is 12.7 Å². The molecule has 0 aliphatic carbocycles. The monoisotopic (exact) mass is 217 g/mol. The third-order valence-electron chi connectivity index (χ3n) is 2.15. The highest BCUT2D eigenvalue weighted by Gasteiger charge is 2.07. The van der Waals surface area contributed by atoms with Crippen molar-refractivity contribution >= 4 is 5.69 Å². The zero-order chi connectivity index (χ0) is 11.5. The Balaban J connectivity index is 2.59. The standard InChI is InChI=1S/C11H11N3O2/c1-16-9-6-7(12)2-3-8(9)11-13-5-4-10(15)14-11/h2-6H,12H2,1H3,(H,13,14,15). The van der Waals surface area contributed by atoms with Gasteiger partial charge < -0.3 is 15.5 Å². The molecule has 0 radical (unpaired) electrons. The van der Waals surface area contributed by atoms with E-state index in [1.54, 1.807) is 25.3 Å². The molecule has 3 N–H and O–H groups in total. The minimum absolute atomic E-state index is 0.205. The summed E-state index contributed by atoms with van der Waals surface area (Å²) in [6.45, 7) is 0. The van der Waals surface area contributed by atoms with E-state index < -0.39 is 0 Å². The average molecular weight is 217 g/mol. The van der Waals surface area contributed by atoms with Gasteiger partial charge in [-0.05, 0) is 12.1 Å². The predicted molar refractivity (Wildman–Crippen MR) is 61.3 cm³/mol. The van der Waals surface area contributed by atoms with E-state index in [0.29, 0.717) is 22.8 Å². The van der Waals surface area contributed by atoms with Gasteiger partial charge in [0.2, 0.25) is 0 Å². The fraction of sp³-hybridized carbons (Fsp3) is 0.0909. The van der Waals surface area contributed by atoms with E-state index in [2.05, 4.69) is 9.97 Å². The van der Waals surface area contributed by atoms with Crippen LogP contribution in [0.2, 0.25) is 0 Å². The molecule has 82 valence electrons. The molecule has 1 heterocycles. The minimum Gasteiger partial charge on any atom is -0.496 e. The molecule has 0 bridgehead atoms. The van der Waals surface area contributed by atoms with Crippen molar-refractivity contribution in [2.75, 3.05) is 12.8 Å². The number of methoxy groups -OCH3 is 1. The Morgan fingerprint density at radius 1 is 1.38 bits per heavy atom. The number of nitrogen functional groups attached to an aromatic ring is 1. The number of nitrogens with two attached hydrogens (primary N) is 1. The Morgan fingerprint density at radius 3 is 2.88 bits per heavy atom. The maximum atomic E-state index is 11.2. The second-order valence-electron chi connectivity index (χ2n) is 3.24. The van der Waals surface area contributed by atoms with E-state index in [1.165, 1.54) is 12.3 Å². The summed E-state index contributed by atoms with van der Waals surface area (Å²) in [7, 11) is 1.54. The smallest absolute Gasteiger partial charge is 0.251 e. The van der Waals surface area contributed by atoms with Gasteiger partial charge in [-0.3, -0.25) is 4.79 Å². The molecular formula is C11H11N3O2. The van der Waals surface area contributed by atoms with Crippen LogP contribution in [0.4, 0.5) is 5.69 Å². The second kappa shape index (κ2) is 4.06. The van der Waals surface area contributed by atoms with Crippen molar-refractivity contribution in [1.29, 1.82) is 0 Å². The molecule has 0 aliphatic rings. The predicted octanol–water partition coefficient (Wildman–Crippen LogP) is 1.03. The van der Waals surface area contributed by atoms with Gasteiger partial charge >= 0.3 is 0 Å². The summed E-state index contributed by atoms with van der Waals surface area (Å²) < 4.78 is 5.18. The molecule has 5 heteroatoms. The third-order valence-corrected chi connectivity index (χ3v) is 2.15. The summed E-state index contributed by atoms with van der Waals surface area (Å²) in [6, 6.07) is 6.52. The highest BCUT2D eigenvalue weighted by atomic mass is 16.5. The van der Waals surface area contributed by atoms with E-state index in [0.717, 1.165) is 0 Å². The largest absolute Gasteiger partial charge is 0.496 e. The lowest BCUT2D eigenvalue weighted by Crippen LogP contribution is -2.06. The van der Waals surface area contributed by atoms with Gasteiger partial charge in [0.25, 0.3) is 5.56 Å². The number of hydrogen-bond acceptors (Lipinski definition) is 4. The molecule has 0 spiro atoms. The number of H-pyrrole nitrogens is 1. The van der Waals surface area contributed by atoms with Crippen molar-refractivity contribution in [1.82, 2.24) is 9.97 Å². The van der Waals surface area contributed by atoms with Crippen LogP contribution < -0.4 is 16.0 Å². The molecule has 0 aliphatic heterocycles. The Hall–Kier alpha value is -2.30. The quantitative estimate of drug-likeness (QED) is 0.736. The Morgan fingerprint density at radius 2 is 2.19 bits per heavy atom. The van der Waals surface area contributed by atoms with Crippen LogP contribution >= 0.6 is 0 Å². The topological polar surface area (TPSA) is 81.0 Å². The van der Waals surface area contributed by atoms with Gasteiger partial charge in [0.15, 0.2) is 0 Å². The van der Waals surface area contributed by atoms with Crippen molar-refractivity contribution in [3.05, 3.63) is 40.8 Å². The summed E-state index contributed by atoms with van der Waals surface area (Å²) in [5, 5.41) is 0. The first-order chi connectivity index (χ1) is 7.70. The highest BCUT2D eigenvalue weighted by Crippen LogP contribution is 2.28. The van der Waals surface area contributed by atoms with Crippen LogP contribution in [-0.2, 0) is 0 Å². The number of aromatic amines is 1. The van der Waals surface area contributed by atoms with Crippen LogP contribution in [0.25, 0.3) is 11.4 Å². The molecule has 2 rings (SSSR count). The number of rotatable bonds is 2. The lowest BCUT2D eigenvalue weighted by Gasteiger charge is -2.07. The summed E-state index contributed by atoms with van der Waals surface area (Å²) >= 11 is 0. The van der Waals surface area contributed by atoms with Crippen LogP contribution in [0.1, 0.15) is 0 Å². The molecule has 0 fully saturated rings. The molecule has 1 aromatic heterocycles. The number of anilines is 1. The first-order valence-electron chi connectivity index (χ1n) is 4.70. The minimum atomic E-state index is -0.205. The van der Waals surface area contributed by atoms with Gasteiger partial charge in [-0.15, -0.1) is 0 Å². The van der Waals surface area contributed by atoms with Gasteiger partial charge in [-0.25, -0.2) is 4.98 Å². The highest BCUT2D eigenvalue weighted by molar-refractivity contribution is 5.67. The first kappa shape index (κ1) is 10.2. The number of benzene rings is 1. The average Bonchev–Trinajstić information content (AvgIpc) is 2.28. The van der Waals surface area contributed by atoms with E-state index in [1.807, 2.05) is 0 Å². The van der Waals surface area contributed by atoms with Crippen LogP contribution in [-0.4, -0.2) is 17.1 Å². The molecular weight excluding hydrogens is 206 g/mol. The lowest BCUT2D eigenvalue weighted by molar-refractivity contribution is 0.416. The van der Waals surface area contributed by atoms with Crippen LogP contribution in [0.3, 0.4) is 0 Å². The van der Waals surface area contributed by atoms with Crippen molar-refractivity contribution < 1.29 is 4.74 Å². The van der Waals surface area contributed by atoms with E-state index in [-0.39, 0.29) is 5.56 Å². The lowest BCUT2D eigenvalue weighted by atomic mass is 10.1. The molecule has 0 unspecified atom stereocenters. The summed E-state index contributed by atoms with van der Waals surface area (Å²) in [4.78, 5) is 17.9. The van der Waals surface area contributed by atoms with E-state index >= 15 is 0 Å². The van der Waals surface area contributed by atoms with Crippen molar-refractivity contribution in [2.45, 2.75) is 0 Å². The molecule has 0 amide bonds. The Kier molecular flexibility index (Phi) is 2.59. The molecule has 0 atom stereocenters. The first-order valence-corrected chi connectivity index (χ1v) is 4.70. The Bertz CT molecular complexity index is 563.